The van der Waals surface area contributed by atoms with Crippen molar-refractivity contribution in [1.29, 1.82) is 0 Å². The fourth-order valence-corrected chi connectivity index (χ4v) is 4.65. The monoisotopic (exact) mass is 502 g/mol. The summed E-state index contributed by atoms with van der Waals surface area (Å²) >= 11 is 6.65. The van der Waals surface area contributed by atoms with Gasteiger partial charge in [0.1, 0.15) is 11.3 Å². The van der Waals surface area contributed by atoms with E-state index in [1.54, 1.807) is 31.4 Å². The first-order valence-electron chi connectivity index (χ1n) is 11.5. The van der Waals surface area contributed by atoms with Gasteiger partial charge in [0.25, 0.3) is 11.8 Å². The maximum atomic E-state index is 13.3. The van der Waals surface area contributed by atoms with Crippen LogP contribution in [0.4, 0.5) is 10.5 Å². The van der Waals surface area contributed by atoms with Crippen molar-refractivity contribution in [3.05, 3.63) is 98.1 Å². The molecule has 1 aliphatic heterocycles. The molecule has 4 amide bonds. The number of hydrogen-bond acceptors (Lipinski definition) is 4. The summed E-state index contributed by atoms with van der Waals surface area (Å²) < 4.78 is 5.61. The fraction of sp³-hybridized carbons (Fsp3) is 0.207. The summed E-state index contributed by atoms with van der Waals surface area (Å²) in [4.78, 5) is 39.4. The van der Waals surface area contributed by atoms with Gasteiger partial charge in [0.05, 0.1) is 12.8 Å². The van der Waals surface area contributed by atoms with Gasteiger partial charge in [-0.25, -0.2) is 9.69 Å². The van der Waals surface area contributed by atoms with Gasteiger partial charge in [0.15, 0.2) is 0 Å². The molecule has 0 aliphatic carbocycles. The van der Waals surface area contributed by atoms with Crippen molar-refractivity contribution in [2.75, 3.05) is 12.0 Å². The Morgan fingerprint density at radius 1 is 0.917 bits per heavy atom. The van der Waals surface area contributed by atoms with Gasteiger partial charge >= 0.3 is 6.03 Å². The van der Waals surface area contributed by atoms with Gasteiger partial charge in [-0.1, -0.05) is 47.0 Å². The second kappa shape index (κ2) is 9.99. The second-order valence-corrected chi connectivity index (χ2v) is 9.49. The number of rotatable bonds is 5. The van der Waals surface area contributed by atoms with Crippen LogP contribution in [0.2, 0.25) is 5.02 Å². The number of hydrogen-bond donors (Lipinski definition) is 1. The van der Waals surface area contributed by atoms with Gasteiger partial charge in [0, 0.05) is 17.0 Å². The van der Waals surface area contributed by atoms with Crippen molar-refractivity contribution in [2.24, 2.45) is 0 Å². The fourth-order valence-electron chi connectivity index (χ4n) is 4.37. The number of imide groups is 2. The third kappa shape index (κ3) is 5.04. The van der Waals surface area contributed by atoms with E-state index in [0.717, 1.165) is 38.3 Å². The molecule has 3 aromatic rings. The van der Waals surface area contributed by atoms with Crippen LogP contribution in [0.1, 0.15) is 38.9 Å². The van der Waals surface area contributed by atoms with Crippen molar-refractivity contribution in [3.8, 4) is 5.75 Å². The Hall–Kier alpha value is -3.90. The minimum Gasteiger partial charge on any atom is -0.496 e. The van der Waals surface area contributed by atoms with E-state index >= 15 is 0 Å². The zero-order valence-corrected chi connectivity index (χ0v) is 21.6. The van der Waals surface area contributed by atoms with Crippen LogP contribution in [0.5, 0.6) is 5.75 Å². The van der Waals surface area contributed by atoms with Gasteiger partial charge in [-0.3, -0.25) is 14.9 Å². The molecule has 36 heavy (non-hydrogen) atoms. The van der Waals surface area contributed by atoms with Gasteiger partial charge in [0.2, 0.25) is 0 Å². The molecule has 0 bridgehead atoms. The molecular formula is C29H27ClN2O4. The van der Waals surface area contributed by atoms with Crippen LogP contribution in [-0.4, -0.2) is 25.0 Å². The first kappa shape index (κ1) is 25.2. The van der Waals surface area contributed by atoms with E-state index in [9.17, 15) is 14.4 Å². The normalized spacial score (nSPS) is 14.9. The van der Waals surface area contributed by atoms with Crippen molar-refractivity contribution >= 4 is 41.2 Å². The summed E-state index contributed by atoms with van der Waals surface area (Å²) in [5, 5.41) is 2.71. The third-order valence-corrected chi connectivity index (χ3v) is 6.56. The average molecular weight is 503 g/mol. The lowest BCUT2D eigenvalue weighted by atomic mass is 9.98. The van der Waals surface area contributed by atoms with Crippen molar-refractivity contribution in [3.63, 3.8) is 0 Å². The smallest absolute Gasteiger partial charge is 0.335 e. The van der Waals surface area contributed by atoms with Crippen LogP contribution in [0, 0.1) is 27.7 Å². The number of methoxy groups -OCH3 is 1. The molecule has 1 saturated heterocycles. The summed E-state index contributed by atoms with van der Waals surface area (Å²) in [5.74, 6) is -0.930. The highest BCUT2D eigenvalue weighted by atomic mass is 35.5. The van der Waals surface area contributed by atoms with E-state index in [1.807, 2.05) is 33.8 Å². The van der Waals surface area contributed by atoms with Gasteiger partial charge in [-0.2, -0.15) is 0 Å². The lowest BCUT2D eigenvalue weighted by molar-refractivity contribution is -0.122. The number of carbonyl (C=O) groups is 3. The van der Waals surface area contributed by atoms with Crippen LogP contribution in [0.25, 0.3) is 6.08 Å². The lowest BCUT2D eigenvalue weighted by Crippen LogP contribution is -2.54. The number of aryl methyl sites for hydroxylation is 4. The molecule has 0 atom stereocenters. The molecular weight excluding hydrogens is 476 g/mol. The molecule has 0 unspecified atom stereocenters. The highest BCUT2D eigenvalue weighted by molar-refractivity contribution is 6.39. The van der Waals surface area contributed by atoms with E-state index < -0.39 is 17.8 Å². The molecule has 3 aromatic carbocycles. The van der Waals surface area contributed by atoms with Gasteiger partial charge < -0.3 is 4.74 Å². The number of barbiturate groups is 1. The molecule has 0 saturated carbocycles. The summed E-state index contributed by atoms with van der Waals surface area (Å²) in [7, 11) is 1.55. The number of carbonyl (C=O) groups excluding carboxylic acids is 3. The van der Waals surface area contributed by atoms with E-state index in [1.165, 1.54) is 6.08 Å². The molecule has 4 rings (SSSR count). The van der Waals surface area contributed by atoms with Crippen LogP contribution < -0.4 is 15.0 Å². The number of nitrogens with zero attached hydrogens (tertiary/aromatic N) is 1. The molecule has 0 spiro atoms. The highest BCUT2D eigenvalue weighted by Gasteiger charge is 2.37. The van der Waals surface area contributed by atoms with Crippen LogP contribution in [0.3, 0.4) is 0 Å². The standard InChI is InChI=1S/C29H27ClN2O4/c1-16-8-17(2)10-20(9-16)12-23-25(30)14-21(15-26(23)36-5)13-24-27(33)31-29(35)32(28(24)34)22-7-6-18(3)19(4)11-22/h6-11,13-15H,12H2,1-5H3,(H,31,33,35)/b24-13+. The zero-order valence-electron chi connectivity index (χ0n) is 20.9. The molecule has 1 fully saturated rings. The van der Waals surface area contributed by atoms with Gasteiger partial charge in [-0.05, 0) is 80.3 Å². The minimum absolute atomic E-state index is 0.173. The Morgan fingerprint density at radius 3 is 2.25 bits per heavy atom. The first-order valence-corrected chi connectivity index (χ1v) is 11.9. The molecule has 1 aliphatic rings. The summed E-state index contributed by atoms with van der Waals surface area (Å²) in [6.07, 6.45) is 1.99. The predicted molar refractivity (Wildman–Crippen MR) is 142 cm³/mol. The number of benzene rings is 3. The number of urea groups is 1. The quantitative estimate of drug-likeness (QED) is 0.351. The topological polar surface area (TPSA) is 75.7 Å². The summed E-state index contributed by atoms with van der Waals surface area (Å²) in [5.41, 5.74) is 6.89. The SMILES string of the molecule is COc1cc(/C=C2\C(=O)NC(=O)N(c3ccc(C)c(C)c3)C2=O)cc(Cl)c1Cc1cc(C)cc(C)c1. The lowest BCUT2D eigenvalue weighted by Gasteiger charge is -2.27. The molecule has 7 heteroatoms. The second-order valence-electron chi connectivity index (χ2n) is 9.08. The highest BCUT2D eigenvalue weighted by Crippen LogP contribution is 2.33. The summed E-state index contributed by atoms with van der Waals surface area (Å²) in [6, 6.07) is 14.2. The molecule has 1 heterocycles. The minimum atomic E-state index is -0.787. The Kier molecular flexibility index (Phi) is 7.00. The number of halogens is 1. The largest absolute Gasteiger partial charge is 0.496 e. The van der Waals surface area contributed by atoms with Crippen LogP contribution in [-0.2, 0) is 16.0 Å². The van der Waals surface area contributed by atoms with E-state index in [2.05, 4.69) is 23.5 Å². The average Bonchev–Trinajstić information content (AvgIpc) is 2.79. The number of amides is 4. The number of nitrogens with one attached hydrogen (secondary N) is 1. The maximum absolute atomic E-state index is 13.3. The Bertz CT molecular complexity index is 1420. The molecule has 0 aromatic heterocycles. The van der Waals surface area contributed by atoms with E-state index in [-0.39, 0.29) is 5.57 Å². The Morgan fingerprint density at radius 2 is 1.61 bits per heavy atom. The molecule has 1 N–H and O–H groups in total. The maximum Gasteiger partial charge on any atom is 0.335 e. The Balaban J connectivity index is 1.71. The van der Waals surface area contributed by atoms with Crippen molar-refractivity contribution in [2.45, 2.75) is 34.1 Å². The van der Waals surface area contributed by atoms with E-state index in [0.29, 0.717) is 28.4 Å². The molecule has 184 valence electrons. The van der Waals surface area contributed by atoms with Crippen molar-refractivity contribution in [1.82, 2.24) is 5.32 Å². The van der Waals surface area contributed by atoms with Crippen LogP contribution in [0.15, 0.2) is 54.1 Å². The third-order valence-electron chi connectivity index (χ3n) is 6.22. The number of anilines is 1. The Labute approximate surface area is 215 Å². The van der Waals surface area contributed by atoms with Gasteiger partial charge in [-0.15, -0.1) is 0 Å². The number of ether oxygens (including phenoxy) is 1. The van der Waals surface area contributed by atoms with Crippen molar-refractivity contribution < 1.29 is 19.1 Å². The first-order chi connectivity index (χ1) is 17.1. The summed E-state index contributed by atoms with van der Waals surface area (Å²) in [6.45, 7) is 7.92. The zero-order chi connectivity index (χ0) is 26.1. The molecule has 0 radical (unpaired) electrons. The van der Waals surface area contributed by atoms with Crippen LogP contribution >= 0.6 is 11.6 Å². The predicted octanol–water partition coefficient (Wildman–Crippen LogP) is 5.84. The van der Waals surface area contributed by atoms with E-state index in [4.69, 9.17) is 16.3 Å². The molecule has 6 nitrogen and oxygen atoms in total.